The van der Waals surface area contributed by atoms with Gasteiger partial charge in [-0.05, 0) is 36.4 Å². The Balaban J connectivity index is 2.22. The summed E-state index contributed by atoms with van der Waals surface area (Å²) in [6, 6.07) is 11.2. The highest BCUT2D eigenvalue weighted by Gasteiger charge is 2.13. The van der Waals surface area contributed by atoms with E-state index in [2.05, 4.69) is 21.2 Å². The first kappa shape index (κ1) is 13.1. The fraction of sp³-hybridized carbons (Fsp3) is 0. The number of amides is 1. The Morgan fingerprint density at radius 3 is 2.50 bits per heavy atom. The van der Waals surface area contributed by atoms with Gasteiger partial charge in [-0.1, -0.05) is 33.6 Å². The summed E-state index contributed by atoms with van der Waals surface area (Å²) in [7, 11) is 0. The molecule has 0 spiro atoms. The zero-order valence-electron chi connectivity index (χ0n) is 9.08. The van der Waals surface area contributed by atoms with Gasteiger partial charge in [-0.15, -0.1) is 0 Å². The van der Waals surface area contributed by atoms with Crippen molar-refractivity contribution in [2.45, 2.75) is 0 Å². The van der Waals surface area contributed by atoms with E-state index in [4.69, 9.17) is 11.6 Å². The van der Waals surface area contributed by atoms with Crippen LogP contribution in [0, 0.1) is 5.82 Å². The number of carbonyl (C=O) groups excluding carboxylic acids is 1. The largest absolute Gasteiger partial charge is 0.322 e. The number of rotatable bonds is 2. The van der Waals surface area contributed by atoms with Gasteiger partial charge >= 0.3 is 0 Å². The minimum absolute atomic E-state index is 0.111. The number of carbonyl (C=O) groups is 1. The van der Waals surface area contributed by atoms with Crippen LogP contribution in [0.1, 0.15) is 10.4 Å². The Hall–Kier alpha value is -1.39. The van der Waals surface area contributed by atoms with Crippen LogP contribution in [-0.2, 0) is 0 Å². The molecule has 0 atom stereocenters. The second-order valence-corrected chi connectivity index (χ2v) is 4.86. The molecule has 0 radical (unpaired) electrons. The lowest BCUT2D eigenvalue weighted by Gasteiger charge is -2.07. The van der Waals surface area contributed by atoms with E-state index in [9.17, 15) is 9.18 Å². The molecule has 0 fully saturated rings. The summed E-state index contributed by atoms with van der Waals surface area (Å²) in [4.78, 5) is 11.9. The first-order chi connectivity index (χ1) is 8.58. The van der Waals surface area contributed by atoms with Crippen molar-refractivity contribution in [2.75, 3.05) is 5.32 Å². The SMILES string of the molecule is O=C(Nc1ccc(Br)cc1)c1cccc(F)c1Cl. The highest BCUT2D eigenvalue weighted by molar-refractivity contribution is 9.10. The fourth-order valence-electron chi connectivity index (χ4n) is 1.41. The van der Waals surface area contributed by atoms with E-state index in [-0.39, 0.29) is 10.6 Å². The molecule has 92 valence electrons. The first-order valence-electron chi connectivity index (χ1n) is 5.09. The van der Waals surface area contributed by atoms with E-state index in [1.54, 1.807) is 24.3 Å². The standard InChI is InChI=1S/C13H8BrClFNO/c14-8-4-6-9(7-5-8)17-13(18)10-2-1-3-11(16)12(10)15/h1-7H,(H,17,18). The summed E-state index contributed by atoms with van der Waals surface area (Å²) in [6.07, 6.45) is 0. The second-order valence-electron chi connectivity index (χ2n) is 3.56. The lowest BCUT2D eigenvalue weighted by Crippen LogP contribution is -2.12. The first-order valence-corrected chi connectivity index (χ1v) is 6.26. The van der Waals surface area contributed by atoms with Gasteiger partial charge < -0.3 is 5.32 Å². The van der Waals surface area contributed by atoms with Gasteiger partial charge in [0, 0.05) is 10.2 Å². The fourth-order valence-corrected chi connectivity index (χ4v) is 1.89. The van der Waals surface area contributed by atoms with Gasteiger partial charge in [0.2, 0.25) is 0 Å². The molecule has 18 heavy (non-hydrogen) atoms. The molecule has 0 saturated carbocycles. The summed E-state index contributed by atoms with van der Waals surface area (Å²) in [6.45, 7) is 0. The Morgan fingerprint density at radius 2 is 1.83 bits per heavy atom. The number of benzene rings is 2. The Morgan fingerprint density at radius 1 is 1.17 bits per heavy atom. The van der Waals surface area contributed by atoms with Crippen molar-refractivity contribution in [1.82, 2.24) is 0 Å². The van der Waals surface area contributed by atoms with E-state index in [1.807, 2.05) is 0 Å². The van der Waals surface area contributed by atoms with Crippen molar-refractivity contribution in [2.24, 2.45) is 0 Å². The van der Waals surface area contributed by atoms with Crippen LogP contribution in [0.5, 0.6) is 0 Å². The molecule has 2 nitrogen and oxygen atoms in total. The van der Waals surface area contributed by atoms with E-state index in [0.29, 0.717) is 5.69 Å². The summed E-state index contributed by atoms with van der Waals surface area (Å²) in [5.74, 6) is -1.05. The van der Waals surface area contributed by atoms with Gasteiger partial charge in [-0.2, -0.15) is 0 Å². The maximum Gasteiger partial charge on any atom is 0.257 e. The number of nitrogens with one attached hydrogen (secondary N) is 1. The van der Waals surface area contributed by atoms with Crippen molar-refractivity contribution in [3.63, 3.8) is 0 Å². The molecule has 0 bridgehead atoms. The predicted molar refractivity (Wildman–Crippen MR) is 73.5 cm³/mol. The summed E-state index contributed by atoms with van der Waals surface area (Å²) in [5.41, 5.74) is 0.725. The average Bonchev–Trinajstić information content (AvgIpc) is 2.35. The molecule has 2 aromatic carbocycles. The highest BCUT2D eigenvalue weighted by atomic mass is 79.9. The second kappa shape index (κ2) is 5.50. The van der Waals surface area contributed by atoms with Gasteiger partial charge in [-0.25, -0.2) is 4.39 Å². The van der Waals surface area contributed by atoms with Crippen LogP contribution in [0.2, 0.25) is 5.02 Å². The maximum atomic E-state index is 13.2. The molecule has 0 aromatic heterocycles. The third-order valence-corrected chi connectivity index (χ3v) is 3.21. The van der Waals surface area contributed by atoms with E-state index >= 15 is 0 Å². The van der Waals surface area contributed by atoms with Gasteiger partial charge in [0.05, 0.1) is 10.6 Å². The third-order valence-electron chi connectivity index (χ3n) is 2.30. The van der Waals surface area contributed by atoms with Gasteiger partial charge in [0.1, 0.15) is 5.82 Å². The lowest BCUT2D eigenvalue weighted by atomic mass is 10.2. The van der Waals surface area contributed by atoms with Crippen molar-refractivity contribution >= 4 is 39.1 Å². The third kappa shape index (κ3) is 2.89. The number of anilines is 1. The zero-order valence-corrected chi connectivity index (χ0v) is 11.4. The highest BCUT2D eigenvalue weighted by Crippen LogP contribution is 2.21. The molecule has 0 unspecified atom stereocenters. The van der Waals surface area contributed by atoms with Crippen molar-refractivity contribution in [3.8, 4) is 0 Å². The van der Waals surface area contributed by atoms with Crippen LogP contribution in [0.15, 0.2) is 46.9 Å². The zero-order chi connectivity index (χ0) is 13.1. The Kier molecular flexibility index (Phi) is 3.99. The summed E-state index contributed by atoms with van der Waals surface area (Å²) < 4.78 is 14.1. The molecule has 2 aromatic rings. The molecule has 2 rings (SSSR count). The maximum absolute atomic E-state index is 13.2. The quantitative estimate of drug-likeness (QED) is 0.864. The van der Waals surface area contributed by atoms with Gasteiger partial charge in [-0.3, -0.25) is 4.79 Å². The molecule has 1 amide bonds. The smallest absolute Gasteiger partial charge is 0.257 e. The Labute approximate surface area is 117 Å². The summed E-state index contributed by atoms with van der Waals surface area (Å²) in [5, 5.41) is 2.47. The minimum atomic E-state index is -0.611. The molecule has 0 saturated heterocycles. The summed E-state index contributed by atoms with van der Waals surface area (Å²) >= 11 is 9.03. The van der Waals surface area contributed by atoms with Crippen LogP contribution in [0.3, 0.4) is 0 Å². The molecular weight excluding hydrogens is 321 g/mol. The molecule has 5 heteroatoms. The van der Waals surface area contributed by atoms with Crippen molar-refractivity contribution in [3.05, 3.63) is 63.3 Å². The number of halogens is 3. The van der Waals surface area contributed by atoms with Crippen LogP contribution >= 0.6 is 27.5 Å². The molecule has 1 N–H and O–H groups in total. The van der Waals surface area contributed by atoms with Crippen molar-refractivity contribution in [1.29, 1.82) is 0 Å². The van der Waals surface area contributed by atoms with Crippen LogP contribution in [-0.4, -0.2) is 5.91 Å². The van der Waals surface area contributed by atoms with Crippen LogP contribution in [0.25, 0.3) is 0 Å². The van der Waals surface area contributed by atoms with E-state index < -0.39 is 11.7 Å². The van der Waals surface area contributed by atoms with Crippen LogP contribution < -0.4 is 5.32 Å². The lowest BCUT2D eigenvalue weighted by molar-refractivity contribution is 0.102. The number of hydrogen-bond acceptors (Lipinski definition) is 1. The van der Waals surface area contributed by atoms with Gasteiger partial charge in [0.25, 0.3) is 5.91 Å². The van der Waals surface area contributed by atoms with E-state index in [1.165, 1.54) is 18.2 Å². The van der Waals surface area contributed by atoms with Crippen molar-refractivity contribution < 1.29 is 9.18 Å². The van der Waals surface area contributed by atoms with Crippen LogP contribution in [0.4, 0.5) is 10.1 Å². The van der Waals surface area contributed by atoms with Gasteiger partial charge in [0.15, 0.2) is 0 Å². The molecule has 0 heterocycles. The Bertz CT molecular complexity index is 586. The topological polar surface area (TPSA) is 29.1 Å². The predicted octanol–water partition coefficient (Wildman–Crippen LogP) is 4.49. The van der Waals surface area contributed by atoms with E-state index in [0.717, 1.165) is 4.47 Å². The molecule has 0 aliphatic rings. The average molecular weight is 329 g/mol. The molecule has 0 aliphatic heterocycles. The number of hydrogen-bond donors (Lipinski definition) is 1. The molecule has 0 aliphatic carbocycles. The molecular formula is C13H8BrClFNO. The normalized spacial score (nSPS) is 10.2. The minimum Gasteiger partial charge on any atom is -0.322 e. The monoisotopic (exact) mass is 327 g/mol.